The summed E-state index contributed by atoms with van der Waals surface area (Å²) in [5.41, 5.74) is 1.48. The Kier molecular flexibility index (Phi) is 7.88. The van der Waals surface area contributed by atoms with Crippen LogP contribution in [0.1, 0.15) is 16.4 Å². The van der Waals surface area contributed by atoms with E-state index in [0.717, 1.165) is 27.6 Å². The molecule has 3 atom stereocenters. The number of carbonyl (C=O) groups excluding carboxylic acids is 3. The van der Waals surface area contributed by atoms with Crippen molar-refractivity contribution in [2.45, 2.75) is 22.7 Å². The van der Waals surface area contributed by atoms with Crippen LogP contribution in [-0.4, -0.2) is 41.8 Å². The molecule has 1 N–H and O–H groups in total. The van der Waals surface area contributed by atoms with E-state index in [2.05, 4.69) is 21.2 Å². The summed E-state index contributed by atoms with van der Waals surface area (Å²) in [5.74, 6) is -2.28. The first-order valence-electron chi connectivity index (χ1n) is 13.0. The third-order valence-electron chi connectivity index (χ3n) is 7.33. The molecule has 0 spiro atoms. The van der Waals surface area contributed by atoms with E-state index < -0.39 is 39.6 Å². The second kappa shape index (κ2) is 11.6. The normalized spacial score (nSPS) is 19.2. The minimum Gasteiger partial charge on any atom is -0.493 e. The van der Waals surface area contributed by atoms with Crippen LogP contribution in [0.25, 0.3) is 0 Å². The SMILES string of the molecule is COc1ccc([C@H]2c3sc(=O)n(CC(=O)Nc4ccc(F)cc4)c3SC3C(=O)N(c4ccc(Br)cc4)C(=O)C32)cc1OC. The molecule has 1 aromatic heterocycles. The third kappa shape index (κ3) is 5.25. The van der Waals surface area contributed by atoms with Crippen LogP contribution in [0.15, 0.2) is 81.0 Å². The van der Waals surface area contributed by atoms with Crippen molar-refractivity contribution in [1.82, 2.24) is 4.57 Å². The molecule has 6 rings (SSSR count). The smallest absolute Gasteiger partial charge is 0.308 e. The van der Waals surface area contributed by atoms with Crippen molar-refractivity contribution in [2.75, 3.05) is 24.4 Å². The first kappa shape index (κ1) is 29.1. The number of anilines is 2. The number of benzene rings is 3. The second-order valence-corrected chi connectivity index (χ2v) is 12.9. The Morgan fingerprint density at radius 1 is 0.953 bits per heavy atom. The number of nitrogens with zero attached hydrogens (tertiary/aromatic N) is 2. The summed E-state index contributed by atoms with van der Waals surface area (Å²) in [6, 6.07) is 17.4. The Balaban J connectivity index is 1.43. The van der Waals surface area contributed by atoms with Gasteiger partial charge in [0.15, 0.2) is 11.5 Å². The molecule has 1 fully saturated rings. The molecule has 0 bridgehead atoms. The highest BCUT2D eigenvalue weighted by Gasteiger charge is 2.57. The standard InChI is InChI=1S/C30H23BrFN3O6S2/c1-40-20-12-3-15(13-21(20)41-2)23-24-25(28(38)35(27(24)37)19-10-4-16(31)5-11-19)42-29-26(23)43-30(39)34(29)14-22(36)33-18-8-6-17(32)7-9-18/h3-13,23-25H,14H2,1-2H3,(H,33,36)/t23-,24?,25?/m1/s1. The maximum atomic E-state index is 14.1. The van der Waals surface area contributed by atoms with Gasteiger partial charge in [-0.2, -0.15) is 0 Å². The Bertz CT molecular complexity index is 1810. The minimum absolute atomic E-state index is 0.330. The van der Waals surface area contributed by atoms with Gasteiger partial charge in [0.2, 0.25) is 17.7 Å². The molecule has 220 valence electrons. The van der Waals surface area contributed by atoms with E-state index in [4.69, 9.17) is 9.47 Å². The van der Waals surface area contributed by atoms with Crippen LogP contribution in [0.4, 0.5) is 15.8 Å². The Hall–Kier alpha value is -3.94. The molecule has 2 aliphatic heterocycles. The number of rotatable bonds is 7. The number of hydrogen-bond acceptors (Lipinski definition) is 8. The van der Waals surface area contributed by atoms with E-state index in [1.165, 1.54) is 48.0 Å². The molecule has 43 heavy (non-hydrogen) atoms. The van der Waals surface area contributed by atoms with Crippen molar-refractivity contribution in [3.05, 3.63) is 97.1 Å². The van der Waals surface area contributed by atoms with E-state index in [-0.39, 0.29) is 12.5 Å². The van der Waals surface area contributed by atoms with Crippen molar-refractivity contribution in [2.24, 2.45) is 5.92 Å². The van der Waals surface area contributed by atoms with Crippen LogP contribution in [0, 0.1) is 11.7 Å². The fourth-order valence-corrected chi connectivity index (χ4v) is 8.42. The molecule has 2 unspecified atom stereocenters. The number of halogens is 2. The molecule has 1 saturated heterocycles. The number of thiazole rings is 1. The number of thioether (sulfide) groups is 1. The molecule has 4 aromatic rings. The quantitative estimate of drug-likeness (QED) is 0.265. The summed E-state index contributed by atoms with van der Waals surface area (Å²) in [6.45, 7) is -0.330. The van der Waals surface area contributed by atoms with E-state index in [1.54, 1.807) is 42.5 Å². The van der Waals surface area contributed by atoms with E-state index in [0.29, 0.717) is 38.3 Å². The first-order valence-corrected chi connectivity index (χ1v) is 15.5. The summed E-state index contributed by atoms with van der Waals surface area (Å²) in [5, 5.41) is 2.28. The fraction of sp³-hybridized carbons (Fsp3) is 0.200. The first-order chi connectivity index (χ1) is 20.7. The highest BCUT2D eigenvalue weighted by Crippen LogP contribution is 2.54. The zero-order valence-electron chi connectivity index (χ0n) is 22.7. The van der Waals surface area contributed by atoms with Gasteiger partial charge < -0.3 is 14.8 Å². The lowest BCUT2D eigenvalue weighted by atomic mass is 9.83. The van der Waals surface area contributed by atoms with Crippen LogP contribution in [0.5, 0.6) is 11.5 Å². The van der Waals surface area contributed by atoms with Gasteiger partial charge in [-0.1, -0.05) is 45.1 Å². The van der Waals surface area contributed by atoms with Crippen LogP contribution in [0.3, 0.4) is 0 Å². The Morgan fingerprint density at radius 2 is 1.65 bits per heavy atom. The summed E-state index contributed by atoms with van der Waals surface area (Å²) in [6.07, 6.45) is 0. The lowest BCUT2D eigenvalue weighted by Crippen LogP contribution is -2.33. The summed E-state index contributed by atoms with van der Waals surface area (Å²) in [4.78, 5) is 55.7. The molecular weight excluding hydrogens is 661 g/mol. The van der Waals surface area contributed by atoms with Crippen molar-refractivity contribution in [1.29, 1.82) is 0 Å². The number of fused-ring (bicyclic) bond motifs is 2. The van der Waals surface area contributed by atoms with Gasteiger partial charge in [0.25, 0.3) is 0 Å². The number of imide groups is 1. The molecule has 13 heteroatoms. The van der Waals surface area contributed by atoms with Gasteiger partial charge in [-0.15, -0.1) is 0 Å². The maximum absolute atomic E-state index is 14.1. The number of methoxy groups -OCH3 is 2. The highest BCUT2D eigenvalue weighted by molar-refractivity contribution is 9.10. The largest absolute Gasteiger partial charge is 0.493 e. The molecule has 0 radical (unpaired) electrons. The number of carbonyl (C=O) groups is 3. The van der Waals surface area contributed by atoms with Gasteiger partial charge >= 0.3 is 4.87 Å². The predicted octanol–water partition coefficient (Wildman–Crippen LogP) is 5.26. The number of nitrogens with one attached hydrogen (secondary N) is 1. The lowest BCUT2D eigenvalue weighted by molar-refractivity contribution is -0.122. The van der Waals surface area contributed by atoms with E-state index in [9.17, 15) is 23.6 Å². The third-order valence-corrected chi connectivity index (χ3v) is 10.5. The monoisotopic (exact) mass is 683 g/mol. The summed E-state index contributed by atoms with van der Waals surface area (Å²) < 4.78 is 26.4. The molecule has 0 saturated carbocycles. The van der Waals surface area contributed by atoms with Gasteiger partial charge in [0.1, 0.15) is 17.6 Å². The second-order valence-electron chi connectivity index (χ2n) is 9.82. The number of ether oxygens (including phenoxy) is 2. The Morgan fingerprint density at radius 3 is 2.33 bits per heavy atom. The number of hydrogen-bond donors (Lipinski definition) is 1. The molecule has 0 aliphatic carbocycles. The van der Waals surface area contributed by atoms with Crippen LogP contribution < -0.4 is 24.6 Å². The van der Waals surface area contributed by atoms with Crippen LogP contribution in [0.2, 0.25) is 0 Å². The zero-order valence-corrected chi connectivity index (χ0v) is 25.9. The Labute approximate surface area is 261 Å². The lowest BCUT2D eigenvalue weighted by Gasteiger charge is -2.31. The fourth-order valence-electron chi connectivity index (χ4n) is 5.38. The van der Waals surface area contributed by atoms with E-state index >= 15 is 0 Å². The van der Waals surface area contributed by atoms with Crippen molar-refractivity contribution in [3.63, 3.8) is 0 Å². The summed E-state index contributed by atoms with van der Waals surface area (Å²) in [7, 11) is 3.02. The van der Waals surface area contributed by atoms with Gasteiger partial charge in [-0.3, -0.25) is 23.7 Å². The zero-order chi connectivity index (χ0) is 30.4. The summed E-state index contributed by atoms with van der Waals surface area (Å²) >= 11 is 5.45. The average molecular weight is 685 g/mol. The maximum Gasteiger partial charge on any atom is 0.308 e. The van der Waals surface area contributed by atoms with Gasteiger partial charge in [-0.25, -0.2) is 9.29 Å². The average Bonchev–Trinajstić information content (AvgIpc) is 3.44. The van der Waals surface area contributed by atoms with Crippen LogP contribution in [-0.2, 0) is 20.9 Å². The minimum atomic E-state index is -0.845. The molecule has 3 heterocycles. The molecule has 9 nitrogen and oxygen atoms in total. The van der Waals surface area contributed by atoms with Crippen molar-refractivity contribution < 1.29 is 28.2 Å². The van der Waals surface area contributed by atoms with Gasteiger partial charge in [-0.05, 0) is 66.2 Å². The van der Waals surface area contributed by atoms with Gasteiger partial charge in [0, 0.05) is 21.0 Å². The van der Waals surface area contributed by atoms with Crippen molar-refractivity contribution >= 4 is 68.1 Å². The topological polar surface area (TPSA) is 107 Å². The molecular formula is C30H23BrFN3O6S2. The molecule has 3 amide bonds. The molecule has 2 aliphatic rings. The molecule has 3 aromatic carbocycles. The van der Waals surface area contributed by atoms with E-state index in [1.807, 2.05) is 0 Å². The van der Waals surface area contributed by atoms with Crippen molar-refractivity contribution in [3.8, 4) is 11.5 Å². The van der Waals surface area contributed by atoms with Gasteiger partial charge in [0.05, 0.1) is 30.9 Å². The predicted molar refractivity (Wildman–Crippen MR) is 165 cm³/mol. The number of aromatic nitrogens is 1. The number of amides is 3. The highest BCUT2D eigenvalue weighted by atomic mass is 79.9. The van der Waals surface area contributed by atoms with Crippen LogP contribution >= 0.6 is 39.0 Å².